The minimum absolute atomic E-state index is 0.966. The Labute approximate surface area is 108 Å². The van der Waals surface area contributed by atoms with Crippen LogP contribution in [-0.4, -0.2) is 10.2 Å². The number of fused-ring (bicyclic) bond motifs is 5. The summed E-state index contributed by atoms with van der Waals surface area (Å²) in [5.41, 5.74) is 3.25. The van der Waals surface area contributed by atoms with Crippen LogP contribution in [0.15, 0.2) is 42.5 Å². The molecule has 2 heterocycles. The second kappa shape index (κ2) is 3.50. The van der Waals surface area contributed by atoms with Crippen molar-refractivity contribution < 1.29 is 0 Å². The number of thiophene rings is 1. The van der Waals surface area contributed by atoms with Crippen molar-refractivity contribution in [2.45, 2.75) is 6.92 Å². The van der Waals surface area contributed by atoms with Gasteiger partial charge >= 0.3 is 0 Å². The van der Waals surface area contributed by atoms with Crippen molar-refractivity contribution >= 4 is 42.5 Å². The van der Waals surface area contributed by atoms with Crippen LogP contribution in [0, 0.1) is 6.92 Å². The van der Waals surface area contributed by atoms with Gasteiger partial charge in [-0.25, -0.2) is 0 Å². The fraction of sp³-hybridized carbons (Fsp3) is 0.0667. The Morgan fingerprint density at radius 1 is 0.944 bits per heavy atom. The molecule has 18 heavy (non-hydrogen) atoms. The van der Waals surface area contributed by atoms with Crippen LogP contribution in [0.4, 0.5) is 0 Å². The van der Waals surface area contributed by atoms with Crippen molar-refractivity contribution in [3.05, 3.63) is 48.0 Å². The summed E-state index contributed by atoms with van der Waals surface area (Å²) < 4.78 is 2.52. The lowest BCUT2D eigenvalue weighted by molar-refractivity contribution is 1.13. The van der Waals surface area contributed by atoms with Crippen LogP contribution in [0.1, 0.15) is 5.56 Å². The highest BCUT2D eigenvalue weighted by molar-refractivity contribution is 7.26. The molecule has 0 atom stereocenters. The van der Waals surface area contributed by atoms with Gasteiger partial charge in [-0.05, 0) is 25.1 Å². The van der Waals surface area contributed by atoms with E-state index in [0.29, 0.717) is 0 Å². The molecule has 0 amide bonds. The molecule has 0 radical (unpaired) electrons. The van der Waals surface area contributed by atoms with Crippen molar-refractivity contribution in [1.29, 1.82) is 0 Å². The molecule has 0 aliphatic carbocycles. The first kappa shape index (κ1) is 9.97. The molecule has 2 aromatic carbocycles. The molecule has 2 aromatic heterocycles. The van der Waals surface area contributed by atoms with E-state index < -0.39 is 0 Å². The molecule has 0 saturated heterocycles. The monoisotopic (exact) mass is 250 g/mol. The molecule has 0 aliphatic rings. The van der Waals surface area contributed by atoms with E-state index in [0.717, 1.165) is 11.0 Å². The minimum Gasteiger partial charge on any atom is -0.150 e. The molecular weight excluding hydrogens is 240 g/mol. The standard InChI is InChI=1S/C15H10N2S/c1-9-6-7-13-11(8-9)14-15(18-13)10-4-2-3-5-12(10)16-17-14/h2-8H,1H3. The molecule has 0 bridgehead atoms. The van der Waals surface area contributed by atoms with Crippen molar-refractivity contribution in [3.63, 3.8) is 0 Å². The van der Waals surface area contributed by atoms with Crippen LogP contribution in [0.3, 0.4) is 0 Å². The van der Waals surface area contributed by atoms with E-state index in [1.807, 2.05) is 12.1 Å². The molecule has 2 nitrogen and oxygen atoms in total. The van der Waals surface area contributed by atoms with E-state index >= 15 is 0 Å². The quantitative estimate of drug-likeness (QED) is 0.465. The summed E-state index contributed by atoms with van der Waals surface area (Å²) in [6.07, 6.45) is 0. The third kappa shape index (κ3) is 1.28. The molecule has 0 unspecified atom stereocenters. The second-order valence-corrected chi connectivity index (χ2v) is 5.55. The topological polar surface area (TPSA) is 25.8 Å². The normalized spacial score (nSPS) is 11.6. The number of aryl methyl sites for hydroxylation is 1. The van der Waals surface area contributed by atoms with Gasteiger partial charge in [0.25, 0.3) is 0 Å². The summed E-state index contributed by atoms with van der Waals surface area (Å²) in [4.78, 5) is 0. The molecule has 4 aromatic rings. The zero-order chi connectivity index (χ0) is 12.1. The smallest absolute Gasteiger partial charge is 0.112 e. The highest BCUT2D eigenvalue weighted by Gasteiger charge is 2.10. The van der Waals surface area contributed by atoms with E-state index in [9.17, 15) is 0 Å². The molecule has 86 valence electrons. The molecule has 0 aliphatic heterocycles. The van der Waals surface area contributed by atoms with Gasteiger partial charge in [0, 0.05) is 15.5 Å². The maximum Gasteiger partial charge on any atom is 0.112 e. The van der Waals surface area contributed by atoms with E-state index in [2.05, 4.69) is 47.5 Å². The highest BCUT2D eigenvalue weighted by Crippen LogP contribution is 2.36. The Kier molecular flexibility index (Phi) is 1.94. The second-order valence-electron chi connectivity index (χ2n) is 4.50. The van der Waals surface area contributed by atoms with Crippen LogP contribution >= 0.6 is 11.3 Å². The van der Waals surface area contributed by atoms with Gasteiger partial charge in [-0.2, -0.15) is 0 Å². The first-order valence-electron chi connectivity index (χ1n) is 5.87. The fourth-order valence-corrected chi connectivity index (χ4v) is 3.49. The zero-order valence-corrected chi connectivity index (χ0v) is 10.7. The number of nitrogens with zero attached hydrogens (tertiary/aromatic N) is 2. The van der Waals surface area contributed by atoms with Crippen LogP contribution in [-0.2, 0) is 0 Å². The van der Waals surface area contributed by atoms with Crippen LogP contribution in [0.5, 0.6) is 0 Å². The molecule has 0 saturated carbocycles. The summed E-state index contributed by atoms with van der Waals surface area (Å²) >= 11 is 1.80. The Morgan fingerprint density at radius 3 is 2.78 bits per heavy atom. The maximum absolute atomic E-state index is 4.40. The average Bonchev–Trinajstić information content (AvgIpc) is 2.77. The van der Waals surface area contributed by atoms with Crippen molar-refractivity contribution in [3.8, 4) is 0 Å². The molecule has 3 heteroatoms. The zero-order valence-electron chi connectivity index (χ0n) is 9.84. The van der Waals surface area contributed by atoms with Gasteiger partial charge in [0.1, 0.15) is 5.52 Å². The van der Waals surface area contributed by atoms with Crippen LogP contribution in [0.2, 0.25) is 0 Å². The molecule has 0 spiro atoms. The lowest BCUT2D eigenvalue weighted by atomic mass is 10.1. The van der Waals surface area contributed by atoms with E-state index in [1.54, 1.807) is 11.3 Å². The predicted molar refractivity (Wildman–Crippen MR) is 77.2 cm³/mol. The van der Waals surface area contributed by atoms with Crippen LogP contribution < -0.4 is 0 Å². The number of aromatic nitrogens is 2. The number of hydrogen-bond donors (Lipinski definition) is 0. The third-order valence-corrected chi connectivity index (χ3v) is 4.42. The molecule has 0 N–H and O–H groups in total. The lowest BCUT2D eigenvalue weighted by Gasteiger charge is -1.96. The number of benzene rings is 2. The predicted octanol–water partition coefficient (Wildman–Crippen LogP) is 4.31. The van der Waals surface area contributed by atoms with Crippen LogP contribution in [0.25, 0.3) is 31.2 Å². The Morgan fingerprint density at radius 2 is 1.83 bits per heavy atom. The largest absolute Gasteiger partial charge is 0.150 e. The third-order valence-electron chi connectivity index (χ3n) is 3.22. The average molecular weight is 250 g/mol. The van der Waals surface area contributed by atoms with Gasteiger partial charge in [0.2, 0.25) is 0 Å². The molecule has 0 fully saturated rings. The van der Waals surface area contributed by atoms with Gasteiger partial charge < -0.3 is 0 Å². The first-order valence-corrected chi connectivity index (χ1v) is 6.69. The Hall–Kier alpha value is -2.00. The maximum atomic E-state index is 4.40. The van der Waals surface area contributed by atoms with Crippen molar-refractivity contribution in [2.24, 2.45) is 0 Å². The summed E-state index contributed by atoms with van der Waals surface area (Å²) in [6, 6.07) is 14.7. The lowest BCUT2D eigenvalue weighted by Crippen LogP contribution is -1.83. The fourth-order valence-electron chi connectivity index (χ4n) is 2.34. The van der Waals surface area contributed by atoms with Gasteiger partial charge in [0.05, 0.1) is 10.2 Å². The number of rotatable bonds is 0. The Balaban J connectivity index is 2.30. The molecule has 4 rings (SSSR count). The highest BCUT2D eigenvalue weighted by atomic mass is 32.1. The minimum atomic E-state index is 0.966. The van der Waals surface area contributed by atoms with Gasteiger partial charge in [0.15, 0.2) is 0 Å². The number of hydrogen-bond acceptors (Lipinski definition) is 3. The van der Waals surface area contributed by atoms with E-state index in [4.69, 9.17) is 0 Å². The van der Waals surface area contributed by atoms with Gasteiger partial charge in [-0.1, -0.05) is 29.8 Å². The first-order chi connectivity index (χ1) is 8.83. The SMILES string of the molecule is Cc1ccc2sc3c4ccccc4nnc3c2c1. The summed E-state index contributed by atoms with van der Waals surface area (Å²) in [7, 11) is 0. The summed E-state index contributed by atoms with van der Waals surface area (Å²) in [5, 5.41) is 11.1. The van der Waals surface area contributed by atoms with Crippen molar-refractivity contribution in [1.82, 2.24) is 10.2 Å². The van der Waals surface area contributed by atoms with E-state index in [-0.39, 0.29) is 0 Å². The van der Waals surface area contributed by atoms with E-state index in [1.165, 1.54) is 25.7 Å². The summed E-state index contributed by atoms with van der Waals surface area (Å²) in [5.74, 6) is 0. The summed E-state index contributed by atoms with van der Waals surface area (Å²) in [6.45, 7) is 2.11. The molecular formula is C15H10N2S. The Bertz CT molecular complexity index is 893. The van der Waals surface area contributed by atoms with Gasteiger partial charge in [-0.15, -0.1) is 21.5 Å². The van der Waals surface area contributed by atoms with Crippen molar-refractivity contribution in [2.75, 3.05) is 0 Å². The van der Waals surface area contributed by atoms with Gasteiger partial charge in [-0.3, -0.25) is 0 Å².